The van der Waals surface area contributed by atoms with E-state index in [2.05, 4.69) is 28.1 Å². The van der Waals surface area contributed by atoms with E-state index < -0.39 is 6.10 Å². The van der Waals surface area contributed by atoms with E-state index >= 15 is 0 Å². The average molecular weight is 351 g/mol. The van der Waals surface area contributed by atoms with Crippen molar-refractivity contribution in [3.8, 4) is 0 Å². The van der Waals surface area contributed by atoms with E-state index in [1.54, 1.807) is 6.92 Å². The maximum atomic E-state index is 11.8. The molecule has 26 heavy (non-hydrogen) atoms. The maximum Gasteiger partial charge on any atom is 0.220 e. The zero-order chi connectivity index (χ0) is 18.4. The lowest BCUT2D eigenvalue weighted by molar-refractivity contribution is -0.121. The van der Waals surface area contributed by atoms with Gasteiger partial charge in [0.15, 0.2) is 0 Å². The quantitative estimate of drug-likeness (QED) is 0.656. The average Bonchev–Trinajstić information content (AvgIpc) is 2.98. The third-order valence-electron chi connectivity index (χ3n) is 4.38. The molecule has 0 aliphatic carbocycles. The maximum absolute atomic E-state index is 11.8. The molecule has 0 unspecified atom stereocenters. The Labute approximate surface area is 153 Å². The highest BCUT2D eigenvalue weighted by atomic mass is 16.3. The summed E-state index contributed by atoms with van der Waals surface area (Å²) < 4.78 is 2.21. The van der Waals surface area contributed by atoms with Crippen LogP contribution in [0.4, 0.5) is 0 Å². The van der Waals surface area contributed by atoms with Crippen LogP contribution in [0.25, 0.3) is 11.0 Å². The predicted octanol–water partition coefficient (Wildman–Crippen LogP) is 2.90. The highest BCUT2D eigenvalue weighted by Gasteiger charge is 2.11. The third kappa shape index (κ3) is 4.70. The Bertz CT molecular complexity index is 856. The molecule has 1 heterocycles. The molecule has 136 valence electrons. The molecule has 0 spiro atoms. The van der Waals surface area contributed by atoms with Crippen molar-refractivity contribution in [3.05, 3.63) is 66.0 Å². The number of carbonyl (C=O) groups excluding carboxylic acids is 1. The Hall–Kier alpha value is -2.66. The fraction of sp³-hybridized carbons (Fsp3) is 0.333. The van der Waals surface area contributed by atoms with Gasteiger partial charge in [-0.2, -0.15) is 0 Å². The number of fused-ring (bicyclic) bond motifs is 1. The summed E-state index contributed by atoms with van der Waals surface area (Å²) in [5, 5.41) is 12.2. The number of amides is 1. The Balaban J connectivity index is 1.71. The summed E-state index contributed by atoms with van der Waals surface area (Å²) in [5.41, 5.74) is 3.29. The number of aliphatic hydroxyl groups is 1. The van der Waals surface area contributed by atoms with Crippen molar-refractivity contribution >= 4 is 16.9 Å². The first-order chi connectivity index (χ1) is 12.6. The van der Waals surface area contributed by atoms with Gasteiger partial charge in [0, 0.05) is 25.9 Å². The summed E-state index contributed by atoms with van der Waals surface area (Å²) in [7, 11) is 0. The fourth-order valence-electron chi connectivity index (χ4n) is 3.00. The number of aromatic nitrogens is 2. The first-order valence-corrected chi connectivity index (χ1v) is 9.06. The van der Waals surface area contributed by atoms with E-state index in [-0.39, 0.29) is 5.91 Å². The van der Waals surface area contributed by atoms with Gasteiger partial charge in [-0.05, 0) is 31.0 Å². The molecule has 1 atom stereocenters. The van der Waals surface area contributed by atoms with Crippen LogP contribution in [0.5, 0.6) is 0 Å². The molecule has 0 radical (unpaired) electrons. The van der Waals surface area contributed by atoms with Crippen LogP contribution in [0.1, 0.15) is 31.2 Å². The fourth-order valence-corrected chi connectivity index (χ4v) is 3.00. The Morgan fingerprint density at radius 2 is 1.88 bits per heavy atom. The first-order valence-electron chi connectivity index (χ1n) is 9.06. The van der Waals surface area contributed by atoms with Crippen LogP contribution >= 0.6 is 0 Å². The van der Waals surface area contributed by atoms with Crippen molar-refractivity contribution < 1.29 is 9.90 Å². The molecule has 0 saturated heterocycles. The van der Waals surface area contributed by atoms with Crippen LogP contribution in [0.2, 0.25) is 0 Å². The van der Waals surface area contributed by atoms with Gasteiger partial charge >= 0.3 is 0 Å². The lowest BCUT2D eigenvalue weighted by Gasteiger charge is -2.10. The topological polar surface area (TPSA) is 67.2 Å². The number of para-hydroxylation sites is 2. The second-order valence-corrected chi connectivity index (χ2v) is 6.58. The number of aliphatic hydroxyl groups excluding tert-OH is 1. The van der Waals surface area contributed by atoms with Gasteiger partial charge in [-0.25, -0.2) is 4.98 Å². The van der Waals surface area contributed by atoms with Crippen molar-refractivity contribution in [2.75, 3.05) is 6.54 Å². The second-order valence-electron chi connectivity index (χ2n) is 6.58. The molecule has 2 aromatic carbocycles. The molecule has 5 nitrogen and oxygen atoms in total. The first kappa shape index (κ1) is 18.1. The van der Waals surface area contributed by atoms with Crippen molar-refractivity contribution in [2.24, 2.45) is 0 Å². The Morgan fingerprint density at radius 3 is 2.65 bits per heavy atom. The molecule has 5 heteroatoms. The lowest BCUT2D eigenvalue weighted by atomic mass is 10.2. The Kier molecular flexibility index (Phi) is 6.02. The number of nitrogens with one attached hydrogen (secondary N) is 1. The van der Waals surface area contributed by atoms with Crippen LogP contribution in [0, 0.1) is 0 Å². The van der Waals surface area contributed by atoms with E-state index in [9.17, 15) is 9.90 Å². The molecule has 0 aliphatic heterocycles. The standard InChI is InChI=1S/C21H25N3O2/c1-16(25)11-12-21(26)22-14-13-20-23-18-9-5-6-10-19(18)24(20)15-17-7-3-2-4-8-17/h2-10,16,25H,11-15H2,1H3,(H,22,26)/t16-/m1/s1. The van der Waals surface area contributed by atoms with Crippen LogP contribution in [-0.4, -0.2) is 33.2 Å². The highest BCUT2D eigenvalue weighted by Crippen LogP contribution is 2.18. The monoisotopic (exact) mass is 351 g/mol. The molecule has 0 bridgehead atoms. The lowest BCUT2D eigenvalue weighted by Crippen LogP contribution is -2.27. The molecule has 0 aliphatic rings. The SMILES string of the molecule is C[C@@H](O)CCC(=O)NCCc1nc2ccccc2n1Cc1ccccc1. The number of imidazole rings is 1. The van der Waals surface area contributed by atoms with E-state index in [1.807, 2.05) is 36.4 Å². The molecule has 2 N–H and O–H groups in total. The molecule has 3 aromatic rings. The van der Waals surface area contributed by atoms with E-state index in [0.29, 0.717) is 25.8 Å². The van der Waals surface area contributed by atoms with Gasteiger partial charge < -0.3 is 15.0 Å². The van der Waals surface area contributed by atoms with E-state index in [1.165, 1.54) is 5.56 Å². The minimum Gasteiger partial charge on any atom is -0.393 e. The Morgan fingerprint density at radius 1 is 1.15 bits per heavy atom. The number of hydrogen-bond donors (Lipinski definition) is 2. The van der Waals surface area contributed by atoms with Crippen molar-refractivity contribution in [1.29, 1.82) is 0 Å². The van der Waals surface area contributed by atoms with Crippen LogP contribution < -0.4 is 5.32 Å². The van der Waals surface area contributed by atoms with Crippen molar-refractivity contribution in [3.63, 3.8) is 0 Å². The molecule has 1 amide bonds. The van der Waals surface area contributed by atoms with Gasteiger partial charge in [0.25, 0.3) is 0 Å². The zero-order valence-electron chi connectivity index (χ0n) is 15.1. The van der Waals surface area contributed by atoms with Crippen LogP contribution in [-0.2, 0) is 17.8 Å². The molecule has 1 aromatic heterocycles. The summed E-state index contributed by atoms with van der Waals surface area (Å²) in [6, 6.07) is 18.4. The second kappa shape index (κ2) is 8.63. The molecule has 0 saturated carbocycles. The zero-order valence-corrected chi connectivity index (χ0v) is 15.1. The smallest absolute Gasteiger partial charge is 0.220 e. The van der Waals surface area contributed by atoms with Gasteiger partial charge in [0.1, 0.15) is 5.82 Å². The van der Waals surface area contributed by atoms with Gasteiger partial charge in [-0.1, -0.05) is 42.5 Å². The van der Waals surface area contributed by atoms with Crippen molar-refractivity contribution in [1.82, 2.24) is 14.9 Å². The highest BCUT2D eigenvalue weighted by molar-refractivity contribution is 5.76. The summed E-state index contributed by atoms with van der Waals surface area (Å²) in [6.07, 6.45) is 1.05. The number of benzene rings is 2. The summed E-state index contributed by atoms with van der Waals surface area (Å²) in [5.74, 6) is 0.933. The van der Waals surface area contributed by atoms with Crippen molar-refractivity contribution in [2.45, 2.75) is 38.8 Å². The number of hydrogen-bond acceptors (Lipinski definition) is 3. The molecule has 0 fully saturated rings. The molecular weight excluding hydrogens is 326 g/mol. The van der Waals surface area contributed by atoms with Gasteiger partial charge in [0.05, 0.1) is 17.1 Å². The van der Waals surface area contributed by atoms with E-state index in [4.69, 9.17) is 4.98 Å². The summed E-state index contributed by atoms with van der Waals surface area (Å²) >= 11 is 0. The number of rotatable bonds is 8. The summed E-state index contributed by atoms with van der Waals surface area (Å²) in [4.78, 5) is 16.6. The van der Waals surface area contributed by atoms with Crippen LogP contribution in [0.3, 0.4) is 0 Å². The van der Waals surface area contributed by atoms with Gasteiger partial charge in [0.2, 0.25) is 5.91 Å². The minimum atomic E-state index is -0.448. The predicted molar refractivity (Wildman–Crippen MR) is 103 cm³/mol. The normalized spacial score (nSPS) is 12.2. The largest absolute Gasteiger partial charge is 0.393 e. The number of nitrogens with zero attached hydrogens (tertiary/aromatic N) is 2. The molecular formula is C21H25N3O2. The number of carbonyl (C=O) groups is 1. The third-order valence-corrected chi connectivity index (χ3v) is 4.38. The van der Waals surface area contributed by atoms with E-state index in [0.717, 1.165) is 23.4 Å². The van der Waals surface area contributed by atoms with Crippen LogP contribution in [0.15, 0.2) is 54.6 Å². The minimum absolute atomic E-state index is 0.0309. The summed E-state index contributed by atoms with van der Waals surface area (Å²) in [6.45, 7) is 2.99. The van der Waals surface area contributed by atoms with Gasteiger partial charge in [-0.15, -0.1) is 0 Å². The molecule has 3 rings (SSSR count). The van der Waals surface area contributed by atoms with Gasteiger partial charge in [-0.3, -0.25) is 4.79 Å².